The number of aliphatic hydroxyl groups is 1. The second-order valence-corrected chi connectivity index (χ2v) is 8.11. The van der Waals surface area contributed by atoms with Gasteiger partial charge in [-0.1, -0.05) is 0 Å². The number of nitrogens with zero attached hydrogens (tertiary/aromatic N) is 5. The zero-order valence-electron chi connectivity index (χ0n) is 15.8. The molecule has 0 radical (unpaired) electrons. The van der Waals surface area contributed by atoms with Crippen LogP contribution in [0.5, 0.6) is 0 Å². The van der Waals surface area contributed by atoms with Crippen LogP contribution in [0.15, 0.2) is 0 Å². The average Bonchev–Trinajstić information content (AvgIpc) is 2.94. The Balaban J connectivity index is 1.32. The van der Waals surface area contributed by atoms with Crippen molar-refractivity contribution < 1.29 is 9.90 Å². The molecule has 1 unspecified atom stereocenters. The van der Waals surface area contributed by atoms with Crippen molar-refractivity contribution in [2.24, 2.45) is 24.8 Å². The molecule has 26 heavy (non-hydrogen) atoms. The van der Waals surface area contributed by atoms with E-state index in [2.05, 4.69) is 25.0 Å². The Kier molecular flexibility index (Phi) is 4.98. The Bertz CT molecular complexity index is 644. The third kappa shape index (κ3) is 3.25. The van der Waals surface area contributed by atoms with Crippen molar-refractivity contribution in [3.63, 3.8) is 0 Å². The zero-order chi connectivity index (χ0) is 18.3. The van der Waals surface area contributed by atoms with Crippen LogP contribution >= 0.6 is 0 Å². The van der Waals surface area contributed by atoms with E-state index in [9.17, 15) is 4.79 Å². The highest BCUT2D eigenvalue weighted by atomic mass is 16.3. The number of hydrogen-bond donors (Lipinski definition) is 2. The summed E-state index contributed by atoms with van der Waals surface area (Å²) in [6, 6.07) is 0. The number of carbonyl (C=O) groups excluding carboxylic acids is 1. The fourth-order valence-corrected chi connectivity index (χ4v) is 4.71. The lowest BCUT2D eigenvalue weighted by Gasteiger charge is -2.32. The first-order chi connectivity index (χ1) is 12.6. The summed E-state index contributed by atoms with van der Waals surface area (Å²) < 4.78 is 2.09. The molecule has 2 N–H and O–H groups in total. The number of hydrogen-bond acceptors (Lipinski definition) is 6. The van der Waals surface area contributed by atoms with Crippen molar-refractivity contribution in [1.29, 1.82) is 0 Å². The second kappa shape index (κ2) is 7.25. The molecule has 1 aromatic heterocycles. The van der Waals surface area contributed by atoms with Gasteiger partial charge in [0.15, 0.2) is 0 Å². The number of piperidine rings is 2. The largest absolute Gasteiger partial charge is 0.395 e. The highest BCUT2D eigenvalue weighted by molar-refractivity contribution is 5.82. The van der Waals surface area contributed by atoms with Gasteiger partial charge in [-0.2, -0.15) is 0 Å². The minimum atomic E-state index is 0.145. The van der Waals surface area contributed by atoms with Gasteiger partial charge in [-0.05, 0) is 44.8 Å². The Morgan fingerprint density at radius 2 is 1.96 bits per heavy atom. The highest BCUT2D eigenvalue weighted by Crippen LogP contribution is 2.49. The molecule has 3 atom stereocenters. The molecule has 0 aromatic carbocycles. The highest BCUT2D eigenvalue weighted by Gasteiger charge is 2.57. The van der Waals surface area contributed by atoms with E-state index in [1.54, 1.807) is 0 Å². The smallest absolute Gasteiger partial charge is 0.226 e. The van der Waals surface area contributed by atoms with E-state index in [0.717, 1.165) is 50.7 Å². The lowest BCUT2D eigenvalue weighted by Crippen LogP contribution is -2.40. The minimum Gasteiger partial charge on any atom is -0.395 e. The van der Waals surface area contributed by atoms with Crippen LogP contribution < -0.4 is 5.32 Å². The molecular weight excluding hydrogens is 332 g/mol. The summed E-state index contributed by atoms with van der Waals surface area (Å²) >= 11 is 0. The minimum absolute atomic E-state index is 0.145. The lowest BCUT2D eigenvalue weighted by atomic mass is 9.95. The maximum absolute atomic E-state index is 12.7. The fraction of sp³-hybridized carbons (Fsp3) is 0.833. The Labute approximate surface area is 154 Å². The maximum Gasteiger partial charge on any atom is 0.226 e. The SMILES string of the molecule is CN(CCO)Cc1nnc(C2CCN(C(=O)C3[C@H]4CNC[C@@H]34)CC2)n1C. The molecule has 1 saturated carbocycles. The number of rotatable bonds is 6. The molecule has 3 fully saturated rings. The van der Waals surface area contributed by atoms with Crippen molar-refractivity contribution in [2.45, 2.75) is 25.3 Å². The number of nitrogens with one attached hydrogen (secondary N) is 1. The summed E-state index contributed by atoms with van der Waals surface area (Å²) in [5, 5.41) is 21.2. The van der Waals surface area contributed by atoms with Gasteiger partial charge in [0, 0.05) is 38.5 Å². The molecule has 2 saturated heterocycles. The third-order valence-corrected chi connectivity index (χ3v) is 6.44. The van der Waals surface area contributed by atoms with Crippen LogP contribution in [-0.2, 0) is 18.4 Å². The van der Waals surface area contributed by atoms with Gasteiger partial charge in [0.2, 0.25) is 5.91 Å². The molecule has 2 aliphatic heterocycles. The number of likely N-dealkylation sites (tertiary alicyclic amines) is 1. The van der Waals surface area contributed by atoms with E-state index in [0.29, 0.717) is 36.8 Å². The van der Waals surface area contributed by atoms with Gasteiger partial charge in [0.1, 0.15) is 11.6 Å². The zero-order valence-corrected chi connectivity index (χ0v) is 15.8. The van der Waals surface area contributed by atoms with Crippen molar-refractivity contribution in [3.8, 4) is 0 Å². The molecule has 8 nitrogen and oxygen atoms in total. The van der Waals surface area contributed by atoms with E-state index < -0.39 is 0 Å². The van der Waals surface area contributed by atoms with Gasteiger partial charge in [-0.15, -0.1) is 10.2 Å². The summed E-state index contributed by atoms with van der Waals surface area (Å²) in [6.45, 7) is 5.15. The molecule has 144 valence electrons. The lowest BCUT2D eigenvalue weighted by molar-refractivity contribution is -0.134. The Morgan fingerprint density at radius 3 is 2.62 bits per heavy atom. The molecule has 1 aromatic rings. The van der Waals surface area contributed by atoms with Crippen LogP contribution in [0.3, 0.4) is 0 Å². The molecule has 3 heterocycles. The molecule has 1 aliphatic carbocycles. The van der Waals surface area contributed by atoms with Gasteiger partial charge in [0.05, 0.1) is 13.2 Å². The van der Waals surface area contributed by atoms with Crippen molar-refractivity contribution >= 4 is 5.91 Å². The number of aromatic nitrogens is 3. The molecule has 4 rings (SSSR count). The van der Waals surface area contributed by atoms with Crippen molar-refractivity contribution in [3.05, 3.63) is 11.6 Å². The maximum atomic E-state index is 12.7. The standard InChI is InChI=1S/C18H30N6O2/c1-22(7-8-25)11-15-20-21-17(23(15)2)12-3-5-24(6-4-12)18(26)16-13-9-19-10-14(13)16/h12-14,16,19,25H,3-11H2,1-2H3/t13-,14+,16?. The van der Waals surface area contributed by atoms with E-state index in [1.807, 2.05) is 19.0 Å². The molecular formula is C18H30N6O2. The summed E-state index contributed by atoms with van der Waals surface area (Å²) in [6.07, 6.45) is 1.93. The molecule has 0 bridgehead atoms. The number of amides is 1. The quantitative estimate of drug-likeness (QED) is 0.704. The predicted octanol–water partition coefficient (Wildman–Crippen LogP) is -0.589. The van der Waals surface area contributed by atoms with Gasteiger partial charge in [-0.25, -0.2) is 0 Å². The normalized spacial score (nSPS) is 28.6. The van der Waals surface area contributed by atoms with Gasteiger partial charge >= 0.3 is 0 Å². The number of likely N-dealkylation sites (N-methyl/N-ethyl adjacent to an activating group) is 1. The van der Waals surface area contributed by atoms with E-state index >= 15 is 0 Å². The Morgan fingerprint density at radius 1 is 1.27 bits per heavy atom. The van der Waals surface area contributed by atoms with E-state index in [-0.39, 0.29) is 12.5 Å². The predicted molar refractivity (Wildman–Crippen MR) is 96.3 cm³/mol. The first kappa shape index (κ1) is 17.9. The van der Waals surface area contributed by atoms with E-state index in [1.165, 1.54) is 0 Å². The van der Waals surface area contributed by atoms with Crippen LogP contribution in [0.2, 0.25) is 0 Å². The topological polar surface area (TPSA) is 86.5 Å². The van der Waals surface area contributed by atoms with E-state index in [4.69, 9.17) is 5.11 Å². The first-order valence-corrected chi connectivity index (χ1v) is 9.77. The van der Waals surface area contributed by atoms with Crippen molar-refractivity contribution in [1.82, 2.24) is 29.9 Å². The summed E-state index contributed by atoms with van der Waals surface area (Å²) in [5.41, 5.74) is 0. The van der Waals surface area contributed by atoms with Crippen LogP contribution in [0, 0.1) is 17.8 Å². The van der Waals surface area contributed by atoms with Crippen LogP contribution in [-0.4, -0.2) is 82.0 Å². The molecule has 1 amide bonds. The average molecular weight is 362 g/mol. The van der Waals surface area contributed by atoms with Crippen LogP contribution in [0.4, 0.5) is 0 Å². The third-order valence-electron chi connectivity index (χ3n) is 6.44. The van der Waals surface area contributed by atoms with Crippen LogP contribution in [0.1, 0.15) is 30.4 Å². The summed E-state index contributed by atoms with van der Waals surface area (Å²) in [7, 11) is 3.99. The summed E-state index contributed by atoms with van der Waals surface area (Å²) in [4.78, 5) is 16.8. The number of fused-ring (bicyclic) bond motifs is 1. The van der Waals surface area contributed by atoms with Crippen molar-refractivity contribution in [2.75, 3.05) is 46.4 Å². The number of aliphatic hydroxyl groups excluding tert-OH is 1. The Hall–Kier alpha value is -1.51. The number of carbonyl (C=O) groups is 1. The monoisotopic (exact) mass is 362 g/mol. The van der Waals surface area contributed by atoms with Gasteiger partial charge < -0.3 is 19.9 Å². The fourth-order valence-electron chi connectivity index (χ4n) is 4.71. The van der Waals surface area contributed by atoms with Gasteiger partial charge in [0.25, 0.3) is 0 Å². The van der Waals surface area contributed by atoms with Gasteiger partial charge in [-0.3, -0.25) is 9.69 Å². The first-order valence-electron chi connectivity index (χ1n) is 9.77. The molecule has 8 heteroatoms. The van der Waals surface area contributed by atoms with Crippen LogP contribution in [0.25, 0.3) is 0 Å². The molecule has 3 aliphatic rings. The second-order valence-electron chi connectivity index (χ2n) is 8.11. The molecule has 0 spiro atoms. The summed E-state index contributed by atoms with van der Waals surface area (Å²) in [5.74, 6) is 4.17.